The number of carbonyl (C=O) groups is 1. The normalized spacial score (nSPS) is 12.8. The van der Waals surface area contributed by atoms with Gasteiger partial charge in [-0.1, -0.05) is 119 Å². The van der Waals surface area contributed by atoms with Gasteiger partial charge < -0.3 is 4.90 Å². The molecular formula is C30H45NO. The van der Waals surface area contributed by atoms with Gasteiger partial charge in [0.25, 0.3) is 0 Å². The molecule has 1 rings (SSSR count). The molecule has 32 heavy (non-hydrogen) atoms. The van der Waals surface area contributed by atoms with Crippen molar-refractivity contribution in [3.05, 3.63) is 71.4 Å². The molecule has 2 nitrogen and oxygen atoms in total. The highest BCUT2D eigenvalue weighted by Crippen LogP contribution is 2.17. The maximum absolute atomic E-state index is 10.6. The average Bonchev–Trinajstić information content (AvgIpc) is 2.81. The van der Waals surface area contributed by atoms with Crippen molar-refractivity contribution in [1.82, 2.24) is 0 Å². The summed E-state index contributed by atoms with van der Waals surface area (Å²) in [5.41, 5.74) is 4.38. The number of allylic oxidation sites excluding steroid dienone is 7. The first-order valence-corrected chi connectivity index (χ1v) is 12.5. The van der Waals surface area contributed by atoms with E-state index in [0.717, 1.165) is 18.4 Å². The van der Waals surface area contributed by atoms with Crippen LogP contribution in [0.5, 0.6) is 0 Å². The number of rotatable bonds is 17. The molecule has 1 aromatic carbocycles. The Labute approximate surface area is 197 Å². The van der Waals surface area contributed by atoms with Gasteiger partial charge in [-0.05, 0) is 43.5 Å². The van der Waals surface area contributed by atoms with Gasteiger partial charge in [0, 0.05) is 19.3 Å². The van der Waals surface area contributed by atoms with Gasteiger partial charge in [0.05, 0.1) is 0 Å². The van der Waals surface area contributed by atoms with Crippen LogP contribution in [0.15, 0.2) is 65.8 Å². The minimum absolute atomic E-state index is 0.723. The topological polar surface area (TPSA) is 20.3 Å². The van der Waals surface area contributed by atoms with E-state index in [1.165, 1.54) is 81.0 Å². The maximum atomic E-state index is 10.6. The van der Waals surface area contributed by atoms with E-state index >= 15 is 0 Å². The summed E-state index contributed by atoms with van der Waals surface area (Å²) < 4.78 is 0. The second-order valence-electron chi connectivity index (χ2n) is 8.85. The first-order valence-electron chi connectivity index (χ1n) is 12.5. The molecule has 2 heteroatoms. The van der Waals surface area contributed by atoms with Crippen LogP contribution in [-0.4, -0.2) is 19.9 Å². The minimum Gasteiger partial charge on any atom is -0.375 e. The molecule has 0 aliphatic rings. The van der Waals surface area contributed by atoms with Gasteiger partial charge in [-0.2, -0.15) is 0 Å². The summed E-state index contributed by atoms with van der Waals surface area (Å²) in [6.07, 6.45) is 26.6. The summed E-state index contributed by atoms with van der Waals surface area (Å²) in [5, 5.41) is 0. The molecule has 0 bridgehead atoms. The van der Waals surface area contributed by atoms with Crippen molar-refractivity contribution in [2.45, 2.75) is 85.0 Å². The predicted octanol–water partition coefficient (Wildman–Crippen LogP) is 8.70. The summed E-state index contributed by atoms with van der Waals surface area (Å²) in [4.78, 5) is 12.9. The molecule has 0 atom stereocenters. The number of anilines is 1. The van der Waals surface area contributed by atoms with E-state index in [1.807, 2.05) is 24.3 Å². The van der Waals surface area contributed by atoms with Crippen molar-refractivity contribution in [2.75, 3.05) is 18.5 Å². The van der Waals surface area contributed by atoms with Crippen LogP contribution in [0.25, 0.3) is 6.08 Å². The van der Waals surface area contributed by atoms with E-state index in [4.69, 9.17) is 0 Å². The molecule has 0 radical (unpaired) electrons. The second kappa shape index (κ2) is 18.2. The summed E-state index contributed by atoms with van der Waals surface area (Å²) in [7, 11) is 2.19. The lowest BCUT2D eigenvalue weighted by Gasteiger charge is -2.19. The summed E-state index contributed by atoms with van der Waals surface area (Å²) in [6.45, 7) is 7.28. The third-order valence-electron chi connectivity index (χ3n) is 5.73. The molecule has 0 aliphatic carbocycles. The molecule has 0 aromatic heterocycles. The number of aldehydes is 1. The number of carbonyl (C=O) groups excluding carboxylic acids is 1. The molecular weight excluding hydrogens is 390 g/mol. The highest BCUT2D eigenvalue weighted by atomic mass is 16.1. The molecule has 0 fully saturated rings. The van der Waals surface area contributed by atoms with E-state index in [1.54, 1.807) is 6.92 Å². The Kier molecular flexibility index (Phi) is 15.8. The highest BCUT2D eigenvalue weighted by molar-refractivity contribution is 5.72. The van der Waals surface area contributed by atoms with Crippen LogP contribution in [0, 0.1) is 0 Å². The number of unbranched alkanes of at least 4 members (excludes halogenated alkanes) is 9. The van der Waals surface area contributed by atoms with Gasteiger partial charge >= 0.3 is 0 Å². The number of nitrogens with zero attached hydrogens (tertiary/aromatic N) is 1. The Morgan fingerprint density at radius 2 is 1.31 bits per heavy atom. The van der Waals surface area contributed by atoms with Crippen molar-refractivity contribution < 1.29 is 4.79 Å². The molecule has 0 saturated heterocycles. The van der Waals surface area contributed by atoms with Crippen LogP contribution in [0.4, 0.5) is 5.69 Å². The van der Waals surface area contributed by atoms with Crippen molar-refractivity contribution >= 4 is 18.0 Å². The first-order chi connectivity index (χ1) is 15.6. The average molecular weight is 436 g/mol. The Morgan fingerprint density at radius 3 is 1.88 bits per heavy atom. The molecule has 0 N–H and O–H groups in total. The van der Waals surface area contributed by atoms with Crippen LogP contribution >= 0.6 is 0 Å². The van der Waals surface area contributed by atoms with E-state index in [0.29, 0.717) is 0 Å². The van der Waals surface area contributed by atoms with E-state index < -0.39 is 0 Å². The monoisotopic (exact) mass is 435 g/mol. The molecule has 0 unspecified atom stereocenters. The highest BCUT2D eigenvalue weighted by Gasteiger charge is 2.00. The fourth-order valence-corrected chi connectivity index (χ4v) is 3.54. The lowest BCUT2D eigenvalue weighted by Crippen LogP contribution is -2.18. The fraction of sp³-hybridized carbons (Fsp3) is 0.500. The van der Waals surface area contributed by atoms with Gasteiger partial charge in [-0.25, -0.2) is 0 Å². The summed E-state index contributed by atoms with van der Waals surface area (Å²) >= 11 is 0. The Balaban J connectivity index is 2.29. The summed E-state index contributed by atoms with van der Waals surface area (Å²) in [6, 6.07) is 8.78. The number of hydrogen-bond acceptors (Lipinski definition) is 2. The maximum Gasteiger partial charge on any atom is 0.145 e. The quantitative estimate of drug-likeness (QED) is 0.105. The second-order valence-corrected chi connectivity index (χ2v) is 8.85. The lowest BCUT2D eigenvalue weighted by atomic mass is 10.1. The van der Waals surface area contributed by atoms with Gasteiger partial charge in [0.15, 0.2) is 0 Å². The van der Waals surface area contributed by atoms with Crippen LogP contribution in [0.2, 0.25) is 0 Å². The number of benzene rings is 1. The lowest BCUT2D eigenvalue weighted by molar-refractivity contribution is -0.104. The predicted molar refractivity (Wildman–Crippen MR) is 143 cm³/mol. The van der Waals surface area contributed by atoms with Crippen LogP contribution < -0.4 is 4.90 Å². The zero-order valence-electron chi connectivity index (χ0n) is 21.0. The Morgan fingerprint density at radius 1 is 0.781 bits per heavy atom. The van der Waals surface area contributed by atoms with Gasteiger partial charge in [0.2, 0.25) is 0 Å². The van der Waals surface area contributed by atoms with Gasteiger partial charge in [-0.3, -0.25) is 4.79 Å². The molecule has 0 heterocycles. The third kappa shape index (κ3) is 13.9. The first kappa shape index (κ1) is 27.7. The molecule has 0 aliphatic heterocycles. The van der Waals surface area contributed by atoms with Crippen LogP contribution in [-0.2, 0) is 4.79 Å². The third-order valence-corrected chi connectivity index (χ3v) is 5.73. The van der Waals surface area contributed by atoms with E-state index in [9.17, 15) is 4.79 Å². The zero-order valence-corrected chi connectivity index (χ0v) is 21.0. The van der Waals surface area contributed by atoms with Gasteiger partial charge in [-0.15, -0.1) is 0 Å². The SMILES string of the molecule is CCCCCCCCCCCCN(C)c1ccc(C=CC(C)=CC=CC=C(C)C=O)cc1. The fourth-order valence-electron chi connectivity index (χ4n) is 3.54. The van der Waals surface area contributed by atoms with Gasteiger partial charge in [0.1, 0.15) is 6.29 Å². The Hall–Kier alpha value is -2.35. The molecule has 0 saturated carbocycles. The van der Waals surface area contributed by atoms with Crippen molar-refractivity contribution in [1.29, 1.82) is 0 Å². The summed E-state index contributed by atoms with van der Waals surface area (Å²) in [5.74, 6) is 0. The van der Waals surface area contributed by atoms with E-state index in [2.05, 4.69) is 62.2 Å². The molecule has 0 spiro atoms. The smallest absolute Gasteiger partial charge is 0.145 e. The van der Waals surface area contributed by atoms with Crippen LogP contribution in [0.3, 0.4) is 0 Å². The van der Waals surface area contributed by atoms with Crippen molar-refractivity contribution in [2.24, 2.45) is 0 Å². The molecule has 1 aromatic rings. The Bertz CT molecular complexity index is 737. The van der Waals surface area contributed by atoms with Crippen LogP contribution in [0.1, 0.15) is 90.5 Å². The van der Waals surface area contributed by atoms with Crippen molar-refractivity contribution in [3.63, 3.8) is 0 Å². The largest absolute Gasteiger partial charge is 0.375 e. The molecule has 0 amide bonds. The minimum atomic E-state index is 0.723. The van der Waals surface area contributed by atoms with E-state index in [-0.39, 0.29) is 0 Å². The molecule has 176 valence electrons. The zero-order chi connectivity index (χ0) is 23.4. The standard InChI is InChI=1S/C30H45NO/c1-5-6-7-8-9-10-11-12-13-16-25-31(4)30-23-21-29(22-24-30)20-19-27(2)17-14-15-18-28(3)26-32/h14-15,17-24,26H,5-13,16,25H2,1-4H3. The number of hydrogen-bond donors (Lipinski definition) is 0. The van der Waals surface area contributed by atoms with Crippen molar-refractivity contribution in [3.8, 4) is 0 Å².